The average molecular weight is 147 g/mol. The topological polar surface area (TPSA) is 17.1 Å². The number of allylic oxidation sites excluding steroid dienone is 1. The minimum absolute atomic E-state index is 0.208. The normalized spacial score (nSPS) is 19.7. The summed E-state index contributed by atoms with van der Waals surface area (Å²) in [4.78, 5) is 12.2. The average Bonchev–Trinajstić information content (AvgIpc) is 1.86. The summed E-state index contributed by atoms with van der Waals surface area (Å²) < 4.78 is 0.405. The van der Waals surface area contributed by atoms with E-state index in [9.17, 15) is 4.79 Å². The van der Waals surface area contributed by atoms with E-state index in [4.69, 9.17) is 0 Å². The molecule has 0 amide bonds. The SMILES string of the molecule is O=C1CC=C[Se]1. The summed E-state index contributed by atoms with van der Waals surface area (Å²) in [5.41, 5.74) is 0. The molecule has 0 fully saturated rings. The van der Waals surface area contributed by atoms with Gasteiger partial charge in [-0.1, -0.05) is 0 Å². The Balaban J connectivity index is 2.52. The first-order valence-electron chi connectivity index (χ1n) is 1.74. The molecule has 0 N–H and O–H groups in total. The van der Waals surface area contributed by atoms with E-state index in [1.807, 2.05) is 11.1 Å². The van der Waals surface area contributed by atoms with Crippen LogP contribution in [0.1, 0.15) is 6.42 Å². The zero-order valence-corrected chi connectivity index (χ0v) is 4.89. The summed E-state index contributed by atoms with van der Waals surface area (Å²) in [6.45, 7) is 0. The molecule has 0 saturated carbocycles. The van der Waals surface area contributed by atoms with Gasteiger partial charge < -0.3 is 0 Å². The molecule has 0 bridgehead atoms. The Hall–Kier alpha value is -0.0705. The Bertz CT molecular complexity index is 85.7. The Labute approximate surface area is 42.6 Å². The van der Waals surface area contributed by atoms with Crippen molar-refractivity contribution < 1.29 is 4.79 Å². The van der Waals surface area contributed by atoms with Gasteiger partial charge in [-0.15, -0.1) is 0 Å². The molecule has 0 radical (unpaired) electrons. The number of hydrogen-bond acceptors (Lipinski definition) is 1. The van der Waals surface area contributed by atoms with Crippen molar-refractivity contribution in [3.63, 3.8) is 0 Å². The van der Waals surface area contributed by atoms with Crippen LogP contribution in [0.15, 0.2) is 11.1 Å². The van der Waals surface area contributed by atoms with Gasteiger partial charge in [0, 0.05) is 0 Å². The van der Waals surface area contributed by atoms with Gasteiger partial charge in [0.05, 0.1) is 0 Å². The fourth-order valence-corrected chi connectivity index (χ4v) is 1.44. The van der Waals surface area contributed by atoms with Crippen LogP contribution in [0.3, 0.4) is 0 Å². The first kappa shape index (κ1) is 4.10. The van der Waals surface area contributed by atoms with Crippen LogP contribution in [0.25, 0.3) is 0 Å². The molecule has 2 heteroatoms. The van der Waals surface area contributed by atoms with E-state index in [2.05, 4.69) is 0 Å². The van der Waals surface area contributed by atoms with Crippen molar-refractivity contribution in [2.45, 2.75) is 6.42 Å². The van der Waals surface area contributed by atoms with Gasteiger partial charge in [-0.2, -0.15) is 0 Å². The second-order valence-electron chi connectivity index (χ2n) is 1.07. The Morgan fingerprint density at radius 3 is 2.83 bits per heavy atom. The molecule has 0 aromatic carbocycles. The molecular weight excluding hydrogens is 143 g/mol. The summed E-state index contributed by atoms with van der Waals surface area (Å²) in [7, 11) is 0. The summed E-state index contributed by atoms with van der Waals surface area (Å²) in [5.74, 6) is 0. The molecular formula is C4H4OSe. The van der Waals surface area contributed by atoms with Crippen molar-refractivity contribution in [2.75, 3.05) is 0 Å². The van der Waals surface area contributed by atoms with E-state index < -0.39 is 0 Å². The molecule has 0 aliphatic carbocycles. The Morgan fingerprint density at radius 1 is 1.83 bits per heavy atom. The third-order valence-electron chi connectivity index (χ3n) is 0.580. The predicted octanol–water partition coefficient (Wildman–Crippen LogP) is 0.135. The van der Waals surface area contributed by atoms with Crippen LogP contribution in [0.2, 0.25) is 0 Å². The number of hydrogen-bond donors (Lipinski definition) is 0. The Morgan fingerprint density at radius 2 is 2.67 bits per heavy atom. The van der Waals surface area contributed by atoms with Crippen molar-refractivity contribution in [3.05, 3.63) is 11.1 Å². The van der Waals surface area contributed by atoms with Crippen LogP contribution >= 0.6 is 0 Å². The van der Waals surface area contributed by atoms with Crippen LogP contribution < -0.4 is 0 Å². The molecule has 1 nitrogen and oxygen atoms in total. The zero-order chi connectivity index (χ0) is 4.41. The first-order chi connectivity index (χ1) is 2.89. The van der Waals surface area contributed by atoms with Gasteiger partial charge in [0.2, 0.25) is 0 Å². The minimum atomic E-state index is 0.208. The monoisotopic (exact) mass is 148 g/mol. The van der Waals surface area contributed by atoms with E-state index in [1.165, 1.54) is 0 Å². The summed E-state index contributed by atoms with van der Waals surface area (Å²) >= 11 is 0.208. The van der Waals surface area contributed by atoms with Crippen molar-refractivity contribution in [1.82, 2.24) is 0 Å². The fraction of sp³-hybridized carbons (Fsp3) is 0.250. The van der Waals surface area contributed by atoms with E-state index >= 15 is 0 Å². The van der Waals surface area contributed by atoms with Crippen LogP contribution in [-0.4, -0.2) is 19.6 Å². The number of rotatable bonds is 0. The van der Waals surface area contributed by atoms with Crippen molar-refractivity contribution in [3.8, 4) is 0 Å². The van der Waals surface area contributed by atoms with E-state index in [0.29, 0.717) is 11.1 Å². The molecule has 0 aromatic heterocycles. The summed E-state index contributed by atoms with van der Waals surface area (Å²) in [5, 5.41) is 0. The van der Waals surface area contributed by atoms with Crippen molar-refractivity contribution in [1.29, 1.82) is 0 Å². The number of carbonyl (C=O) groups excluding carboxylic acids is 1. The molecule has 32 valence electrons. The van der Waals surface area contributed by atoms with Gasteiger partial charge in [0.1, 0.15) is 0 Å². The van der Waals surface area contributed by atoms with Crippen LogP contribution in [-0.2, 0) is 4.79 Å². The van der Waals surface area contributed by atoms with Gasteiger partial charge in [0.15, 0.2) is 0 Å². The van der Waals surface area contributed by atoms with E-state index in [1.54, 1.807) is 0 Å². The van der Waals surface area contributed by atoms with Gasteiger partial charge in [-0.25, -0.2) is 0 Å². The molecule has 0 aromatic rings. The molecule has 0 saturated heterocycles. The quantitative estimate of drug-likeness (QED) is 0.445. The second kappa shape index (κ2) is 1.59. The molecule has 1 rings (SSSR count). The predicted molar refractivity (Wildman–Crippen MR) is 24.5 cm³/mol. The fourth-order valence-electron chi connectivity index (χ4n) is 0.316. The van der Waals surface area contributed by atoms with Crippen molar-refractivity contribution >= 4 is 19.6 Å². The van der Waals surface area contributed by atoms with Gasteiger partial charge >= 0.3 is 41.9 Å². The summed E-state index contributed by atoms with van der Waals surface area (Å²) in [6.07, 6.45) is 2.63. The molecule has 0 spiro atoms. The first-order valence-corrected chi connectivity index (χ1v) is 3.58. The van der Waals surface area contributed by atoms with Gasteiger partial charge in [0.25, 0.3) is 0 Å². The molecule has 1 aliphatic heterocycles. The second-order valence-corrected chi connectivity index (χ2v) is 3.09. The third kappa shape index (κ3) is 0.702. The standard InChI is InChI=1S/C4H4OSe/c5-4-2-1-3-6-4/h1,3H,2H2. The third-order valence-corrected chi connectivity index (χ3v) is 2.17. The van der Waals surface area contributed by atoms with Gasteiger partial charge in [-0.3, -0.25) is 0 Å². The maximum atomic E-state index is 10.2. The van der Waals surface area contributed by atoms with Crippen molar-refractivity contribution in [2.24, 2.45) is 0 Å². The van der Waals surface area contributed by atoms with Crippen LogP contribution in [0.4, 0.5) is 0 Å². The zero-order valence-electron chi connectivity index (χ0n) is 3.18. The molecule has 1 aliphatic rings. The molecule has 6 heavy (non-hydrogen) atoms. The van der Waals surface area contributed by atoms with Crippen LogP contribution in [0.5, 0.6) is 0 Å². The molecule has 0 atom stereocenters. The molecule has 0 unspecified atom stereocenters. The van der Waals surface area contributed by atoms with Crippen LogP contribution in [0, 0.1) is 0 Å². The Kier molecular flexibility index (Phi) is 1.08. The molecule has 1 heterocycles. The van der Waals surface area contributed by atoms with E-state index in [-0.39, 0.29) is 15.0 Å². The van der Waals surface area contributed by atoms with Gasteiger partial charge in [-0.05, 0) is 0 Å². The summed E-state index contributed by atoms with van der Waals surface area (Å²) in [6, 6.07) is 0. The van der Waals surface area contributed by atoms with E-state index in [0.717, 1.165) is 0 Å². The number of carbonyl (C=O) groups is 1. The maximum absolute atomic E-state index is 10.2.